The summed E-state index contributed by atoms with van der Waals surface area (Å²) in [5.74, 6) is 1.57. The van der Waals surface area contributed by atoms with Crippen LogP contribution in [0.25, 0.3) is 10.8 Å². The van der Waals surface area contributed by atoms with Gasteiger partial charge < -0.3 is 4.42 Å². The smallest absolute Gasteiger partial charge is 0.236 e. The van der Waals surface area contributed by atoms with Crippen LogP contribution < -0.4 is 0 Å². The topological polar surface area (TPSA) is 53.1 Å². The van der Waals surface area contributed by atoms with E-state index in [2.05, 4.69) is 24.8 Å². The minimum absolute atomic E-state index is 0.372. The fraction of sp³-hybridized carbons (Fsp3) is 0.300. The Hall–Kier alpha value is -2.42. The van der Waals surface area contributed by atoms with Crippen LogP contribution in [0.3, 0.4) is 0 Å². The quantitative estimate of drug-likeness (QED) is 0.627. The van der Waals surface area contributed by atoms with Crippen LogP contribution in [-0.4, -0.2) is 15.9 Å². The third kappa shape index (κ3) is 4.16. The van der Waals surface area contributed by atoms with Crippen LogP contribution in [0.4, 0.5) is 0 Å². The Morgan fingerprint density at radius 2 is 1.96 bits per heavy atom. The van der Waals surface area contributed by atoms with Crippen molar-refractivity contribution in [1.82, 2.24) is 9.88 Å². The number of aromatic nitrogens is 1. The molecule has 0 amide bonds. The Morgan fingerprint density at radius 1 is 1.20 bits per heavy atom. The summed E-state index contributed by atoms with van der Waals surface area (Å²) in [6.45, 7) is 7.88. The van der Waals surface area contributed by atoms with Crippen LogP contribution in [-0.2, 0) is 13.1 Å². The van der Waals surface area contributed by atoms with Crippen LogP contribution in [0, 0.1) is 18.3 Å². The summed E-state index contributed by atoms with van der Waals surface area (Å²) in [6, 6.07) is 14.3. The number of rotatable bonds is 6. The third-order valence-corrected chi connectivity index (χ3v) is 5.03. The number of nitrogens with zero attached hydrogens (tertiary/aromatic N) is 3. The van der Waals surface area contributed by atoms with E-state index >= 15 is 0 Å². The van der Waals surface area contributed by atoms with E-state index in [-0.39, 0.29) is 0 Å². The number of thiophene rings is 1. The highest BCUT2D eigenvalue weighted by molar-refractivity contribution is 7.13. The summed E-state index contributed by atoms with van der Waals surface area (Å²) in [4.78, 5) is 8.11. The van der Waals surface area contributed by atoms with E-state index in [1.54, 1.807) is 11.3 Å². The predicted octanol–water partition coefficient (Wildman–Crippen LogP) is 4.99. The lowest BCUT2D eigenvalue weighted by molar-refractivity contribution is 0.200. The Morgan fingerprint density at radius 3 is 2.56 bits per heavy atom. The van der Waals surface area contributed by atoms with Gasteiger partial charge in [-0.3, -0.25) is 4.90 Å². The summed E-state index contributed by atoms with van der Waals surface area (Å²) in [7, 11) is 0. The molecule has 0 unspecified atom stereocenters. The van der Waals surface area contributed by atoms with Gasteiger partial charge in [-0.15, -0.1) is 11.3 Å². The molecular weight excluding hydrogens is 330 g/mol. The molecule has 0 N–H and O–H groups in total. The number of benzene rings is 1. The molecule has 4 nitrogen and oxygen atoms in total. The van der Waals surface area contributed by atoms with E-state index in [1.807, 2.05) is 48.7 Å². The van der Waals surface area contributed by atoms with Gasteiger partial charge in [0.25, 0.3) is 0 Å². The highest BCUT2D eigenvalue weighted by Gasteiger charge is 2.17. The second kappa shape index (κ2) is 7.64. The van der Waals surface area contributed by atoms with Gasteiger partial charge in [0.15, 0.2) is 0 Å². The average molecular weight is 351 g/mol. The van der Waals surface area contributed by atoms with Crippen molar-refractivity contribution in [3.05, 3.63) is 64.4 Å². The van der Waals surface area contributed by atoms with Gasteiger partial charge >= 0.3 is 0 Å². The van der Waals surface area contributed by atoms with Crippen molar-refractivity contribution in [2.45, 2.75) is 39.9 Å². The summed E-state index contributed by atoms with van der Waals surface area (Å²) < 4.78 is 5.86. The standard InChI is InChI=1S/C20H21N3OS/c1-14(2)23(12-17-8-6-16(11-21)7-9-17)13-18-15(3)24-20(22-18)19-5-4-10-25-19/h4-10,14H,12-13H2,1-3H3. The number of hydrogen-bond acceptors (Lipinski definition) is 5. The molecule has 0 bridgehead atoms. The molecule has 3 aromatic rings. The van der Waals surface area contributed by atoms with Gasteiger partial charge in [-0.1, -0.05) is 18.2 Å². The first-order valence-corrected chi connectivity index (χ1v) is 9.18. The van der Waals surface area contributed by atoms with E-state index in [9.17, 15) is 0 Å². The zero-order valence-corrected chi connectivity index (χ0v) is 15.5. The monoisotopic (exact) mass is 351 g/mol. The molecule has 0 atom stereocenters. The summed E-state index contributed by atoms with van der Waals surface area (Å²) >= 11 is 1.63. The fourth-order valence-electron chi connectivity index (χ4n) is 2.61. The maximum Gasteiger partial charge on any atom is 0.236 e. The second-order valence-corrected chi connectivity index (χ2v) is 7.25. The first kappa shape index (κ1) is 17.4. The van der Waals surface area contributed by atoms with E-state index < -0.39 is 0 Å². The molecule has 3 rings (SSSR count). The summed E-state index contributed by atoms with van der Waals surface area (Å²) in [5, 5.41) is 11.0. The zero-order valence-electron chi connectivity index (χ0n) is 14.7. The molecule has 2 heterocycles. The first-order chi connectivity index (χ1) is 12.1. The molecule has 128 valence electrons. The van der Waals surface area contributed by atoms with Crippen LogP contribution in [0.2, 0.25) is 0 Å². The summed E-state index contributed by atoms with van der Waals surface area (Å²) in [5.41, 5.74) is 2.85. The Kier molecular flexibility index (Phi) is 5.32. The Balaban J connectivity index is 1.76. The highest BCUT2D eigenvalue weighted by atomic mass is 32.1. The number of nitriles is 1. The van der Waals surface area contributed by atoms with Gasteiger partial charge in [-0.2, -0.15) is 5.26 Å². The van der Waals surface area contributed by atoms with Gasteiger partial charge in [0.2, 0.25) is 5.89 Å². The van der Waals surface area contributed by atoms with E-state index in [1.165, 1.54) is 5.56 Å². The molecule has 0 saturated heterocycles. The lowest BCUT2D eigenvalue weighted by Gasteiger charge is -2.25. The molecule has 0 spiro atoms. The van der Waals surface area contributed by atoms with Gasteiger partial charge in [-0.25, -0.2) is 4.98 Å². The maximum atomic E-state index is 8.93. The maximum absolute atomic E-state index is 8.93. The van der Waals surface area contributed by atoms with Gasteiger partial charge in [0, 0.05) is 19.1 Å². The molecule has 0 fully saturated rings. The van der Waals surface area contributed by atoms with Crippen LogP contribution >= 0.6 is 11.3 Å². The zero-order chi connectivity index (χ0) is 17.8. The average Bonchev–Trinajstić information content (AvgIpc) is 3.25. The number of aryl methyl sites for hydroxylation is 1. The Labute approximate surface area is 152 Å². The molecule has 0 aliphatic rings. The van der Waals surface area contributed by atoms with Crippen molar-refractivity contribution in [3.63, 3.8) is 0 Å². The van der Waals surface area contributed by atoms with E-state index in [4.69, 9.17) is 14.7 Å². The predicted molar refractivity (Wildman–Crippen MR) is 100 cm³/mol. The second-order valence-electron chi connectivity index (χ2n) is 6.31. The lowest BCUT2D eigenvalue weighted by atomic mass is 10.1. The van der Waals surface area contributed by atoms with Gasteiger partial charge in [0.05, 0.1) is 22.2 Å². The van der Waals surface area contributed by atoms with E-state index in [0.717, 1.165) is 29.4 Å². The molecule has 0 saturated carbocycles. The normalized spacial score (nSPS) is 11.2. The van der Waals surface area contributed by atoms with Crippen molar-refractivity contribution in [1.29, 1.82) is 5.26 Å². The highest BCUT2D eigenvalue weighted by Crippen LogP contribution is 2.27. The van der Waals surface area contributed by atoms with Crippen molar-refractivity contribution >= 4 is 11.3 Å². The molecule has 0 radical (unpaired) electrons. The SMILES string of the molecule is Cc1oc(-c2cccs2)nc1CN(Cc1ccc(C#N)cc1)C(C)C. The molecule has 0 aliphatic heterocycles. The largest absolute Gasteiger partial charge is 0.440 e. The van der Waals surface area contributed by atoms with Crippen LogP contribution in [0.5, 0.6) is 0 Å². The molecule has 5 heteroatoms. The molecule has 1 aromatic carbocycles. The van der Waals surface area contributed by atoms with Crippen LogP contribution in [0.15, 0.2) is 46.2 Å². The number of oxazole rings is 1. The van der Waals surface area contributed by atoms with Crippen molar-refractivity contribution in [2.75, 3.05) is 0 Å². The van der Waals surface area contributed by atoms with Crippen molar-refractivity contribution in [2.24, 2.45) is 0 Å². The van der Waals surface area contributed by atoms with Gasteiger partial charge in [0.1, 0.15) is 5.76 Å². The molecule has 2 aromatic heterocycles. The Bertz CT molecular complexity index is 857. The number of hydrogen-bond donors (Lipinski definition) is 0. The lowest BCUT2D eigenvalue weighted by Crippen LogP contribution is -2.30. The first-order valence-electron chi connectivity index (χ1n) is 8.30. The molecule has 25 heavy (non-hydrogen) atoms. The third-order valence-electron chi connectivity index (χ3n) is 4.18. The fourth-order valence-corrected chi connectivity index (χ4v) is 3.26. The van der Waals surface area contributed by atoms with Crippen LogP contribution in [0.1, 0.15) is 36.4 Å². The molecule has 0 aliphatic carbocycles. The summed E-state index contributed by atoms with van der Waals surface area (Å²) in [6.07, 6.45) is 0. The van der Waals surface area contributed by atoms with E-state index in [0.29, 0.717) is 17.5 Å². The minimum Gasteiger partial charge on any atom is -0.440 e. The molecular formula is C20H21N3OS. The van der Waals surface area contributed by atoms with Crippen molar-refractivity contribution < 1.29 is 4.42 Å². The minimum atomic E-state index is 0.372. The van der Waals surface area contributed by atoms with Gasteiger partial charge in [-0.05, 0) is 49.9 Å². The van der Waals surface area contributed by atoms with Crippen molar-refractivity contribution in [3.8, 4) is 16.8 Å².